The first kappa shape index (κ1) is 18.7. The minimum atomic E-state index is -0.763. The van der Waals surface area contributed by atoms with E-state index < -0.39 is 16.9 Å². The number of non-ortho nitro benzene ring substituents is 1. The molecule has 1 unspecified atom stereocenters. The fraction of sp³-hybridized carbons (Fsp3) is 0.150. The van der Waals surface area contributed by atoms with Crippen LogP contribution in [0.15, 0.2) is 60.7 Å². The summed E-state index contributed by atoms with van der Waals surface area (Å²) in [5.74, 6) is 0.147. The average Bonchev–Trinajstić information content (AvgIpc) is 2.67. The molecular weight excluding hydrogens is 368 g/mol. The van der Waals surface area contributed by atoms with Crippen molar-refractivity contribution in [3.05, 3.63) is 75.8 Å². The van der Waals surface area contributed by atoms with Gasteiger partial charge < -0.3 is 10.1 Å². The Bertz CT molecular complexity index is 1010. The van der Waals surface area contributed by atoms with Gasteiger partial charge in [0.15, 0.2) is 6.10 Å². The summed E-state index contributed by atoms with van der Waals surface area (Å²) in [5.41, 5.74) is 0.0228. The van der Waals surface area contributed by atoms with Crippen molar-refractivity contribution in [3.8, 4) is 5.75 Å². The van der Waals surface area contributed by atoms with E-state index in [0.29, 0.717) is 12.2 Å². The summed E-state index contributed by atoms with van der Waals surface area (Å²) >= 11 is 6.04. The number of rotatable bonds is 6. The minimum Gasteiger partial charge on any atom is -0.481 e. The molecule has 6 nitrogen and oxygen atoms in total. The number of carbonyl (C=O) groups excluding carboxylic acids is 1. The lowest BCUT2D eigenvalue weighted by atomic mass is 10.1. The molecule has 27 heavy (non-hydrogen) atoms. The van der Waals surface area contributed by atoms with Crippen LogP contribution in [0.1, 0.15) is 13.3 Å². The standard InChI is InChI=1S/C20H17ClN2O4/c1-2-19(27-16-9-7-13-5-3-4-6-14(13)11-16)20(24)22-18-12-15(23(25)26)8-10-17(18)21/h3-12,19H,2H2,1H3,(H,22,24). The second-order valence-corrected chi connectivity index (χ2v) is 6.34. The van der Waals surface area contributed by atoms with Gasteiger partial charge >= 0.3 is 0 Å². The molecule has 3 aromatic rings. The van der Waals surface area contributed by atoms with Crippen LogP contribution in [0, 0.1) is 10.1 Å². The lowest BCUT2D eigenvalue weighted by molar-refractivity contribution is -0.384. The molecule has 0 fully saturated rings. The monoisotopic (exact) mass is 384 g/mol. The lowest BCUT2D eigenvalue weighted by Crippen LogP contribution is -2.32. The molecule has 1 atom stereocenters. The van der Waals surface area contributed by atoms with E-state index in [2.05, 4.69) is 5.32 Å². The van der Waals surface area contributed by atoms with Crippen molar-refractivity contribution in [2.45, 2.75) is 19.4 Å². The highest BCUT2D eigenvalue weighted by atomic mass is 35.5. The van der Waals surface area contributed by atoms with E-state index >= 15 is 0 Å². The van der Waals surface area contributed by atoms with Gasteiger partial charge in [-0.1, -0.05) is 48.9 Å². The van der Waals surface area contributed by atoms with Gasteiger partial charge in [-0.25, -0.2) is 0 Å². The van der Waals surface area contributed by atoms with Crippen molar-refractivity contribution in [2.75, 3.05) is 5.32 Å². The van der Waals surface area contributed by atoms with Gasteiger partial charge in [0.1, 0.15) is 5.75 Å². The summed E-state index contributed by atoms with van der Waals surface area (Å²) in [6.07, 6.45) is -0.341. The smallest absolute Gasteiger partial charge is 0.271 e. The number of nitrogens with zero attached hydrogens (tertiary/aromatic N) is 1. The average molecular weight is 385 g/mol. The van der Waals surface area contributed by atoms with Crippen LogP contribution in [0.4, 0.5) is 11.4 Å². The number of ether oxygens (including phenoxy) is 1. The molecule has 0 bridgehead atoms. The number of hydrogen-bond acceptors (Lipinski definition) is 4. The number of nitro groups is 1. The van der Waals surface area contributed by atoms with Crippen LogP contribution in [-0.4, -0.2) is 16.9 Å². The number of benzene rings is 3. The third-order valence-corrected chi connectivity index (χ3v) is 4.41. The third kappa shape index (κ3) is 4.35. The maximum atomic E-state index is 12.6. The zero-order valence-electron chi connectivity index (χ0n) is 14.5. The van der Waals surface area contributed by atoms with Crippen molar-refractivity contribution in [3.63, 3.8) is 0 Å². The first-order chi connectivity index (χ1) is 13.0. The Morgan fingerprint density at radius 1 is 1.15 bits per heavy atom. The summed E-state index contributed by atoms with van der Waals surface area (Å²) in [4.78, 5) is 22.9. The molecule has 0 aliphatic heterocycles. The zero-order chi connectivity index (χ0) is 19.4. The van der Waals surface area contributed by atoms with E-state index in [1.165, 1.54) is 18.2 Å². The zero-order valence-corrected chi connectivity index (χ0v) is 15.3. The second kappa shape index (κ2) is 8.05. The molecule has 0 aromatic heterocycles. The largest absolute Gasteiger partial charge is 0.481 e. The van der Waals surface area contributed by atoms with Crippen molar-refractivity contribution in [1.82, 2.24) is 0 Å². The molecule has 7 heteroatoms. The molecule has 0 spiro atoms. The van der Waals surface area contributed by atoms with Gasteiger partial charge in [0.2, 0.25) is 0 Å². The van der Waals surface area contributed by atoms with Gasteiger partial charge in [0.25, 0.3) is 11.6 Å². The number of amides is 1. The Hall–Kier alpha value is -3.12. The highest BCUT2D eigenvalue weighted by Crippen LogP contribution is 2.27. The maximum Gasteiger partial charge on any atom is 0.271 e. The number of hydrogen-bond donors (Lipinski definition) is 1. The van der Waals surface area contributed by atoms with E-state index in [1.54, 1.807) is 6.07 Å². The van der Waals surface area contributed by atoms with Gasteiger partial charge in [0.05, 0.1) is 15.6 Å². The van der Waals surface area contributed by atoms with E-state index in [9.17, 15) is 14.9 Å². The molecule has 3 aromatic carbocycles. The maximum absolute atomic E-state index is 12.6. The Morgan fingerprint density at radius 3 is 2.59 bits per heavy atom. The van der Waals surface area contributed by atoms with Crippen molar-refractivity contribution >= 4 is 39.7 Å². The summed E-state index contributed by atoms with van der Waals surface area (Å²) in [6.45, 7) is 1.82. The summed E-state index contributed by atoms with van der Waals surface area (Å²) in [5, 5.41) is 15.8. The lowest BCUT2D eigenvalue weighted by Gasteiger charge is -2.18. The van der Waals surface area contributed by atoms with E-state index in [0.717, 1.165) is 10.8 Å². The number of carbonyl (C=O) groups is 1. The Kier molecular flexibility index (Phi) is 5.57. The van der Waals surface area contributed by atoms with Gasteiger partial charge in [0, 0.05) is 12.1 Å². The molecule has 1 N–H and O–H groups in total. The van der Waals surface area contributed by atoms with Crippen LogP contribution < -0.4 is 10.1 Å². The highest BCUT2D eigenvalue weighted by molar-refractivity contribution is 6.33. The predicted octanol–water partition coefficient (Wildman–Crippen LogP) is 5.20. The molecule has 138 valence electrons. The number of nitro benzene ring substituents is 1. The summed E-state index contributed by atoms with van der Waals surface area (Å²) in [6, 6.07) is 17.3. The Labute approximate surface area is 160 Å². The first-order valence-electron chi connectivity index (χ1n) is 8.38. The van der Waals surface area contributed by atoms with Gasteiger partial charge in [-0.2, -0.15) is 0 Å². The normalized spacial score (nSPS) is 11.8. The first-order valence-corrected chi connectivity index (χ1v) is 8.76. The number of nitrogens with one attached hydrogen (secondary N) is 1. The van der Waals surface area contributed by atoms with Gasteiger partial charge in [-0.05, 0) is 35.4 Å². The van der Waals surface area contributed by atoms with E-state index in [4.69, 9.17) is 16.3 Å². The van der Waals surface area contributed by atoms with Gasteiger partial charge in [-0.15, -0.1) is 0 Å². The molecular formula is C20H17ClN2O4. The second-order valence-electron chi connectivity index (χ2n) is 5.93. The molecule has 0 aliphatic carbocycles. The quantitative estimate of drug-likeness (QED) is 0.468. The molecule has 0 heterocycles. The summed E-state index contributed by atoms with van der Waals surface area (Å²) in [7, 11) is 0. The summed E-state index contributed by atoms with van der Waals surface area (Å²) < 4.78 is 5.83. The Morgan fingerprint density at radius 2 is 1.89 bits per heavy atom. The minimum absolute atomic E-state index is 0.154. The topological polar surface area (TPSA) is 81.5 Å². The number of halogens is 1. The SMILES string of the molecule is CCC(Oc1ccc2ccccc2c1)C(=O)Nc1cc([N+](=O)[O-])ccc1Cl. The van der Waals surface area contributed by atoms with E-state index in [-0.39, 0.29) is 16.4 Å². The predicted molar refractivity (Wildman–Crippen MR) is 105 cm³/mol. The fourth-order valence-corrected chi connectivity index (χ4v) is 2.83. The highest BCUT2D eigenvalue weighted by Gasteiger charge is 2.21. The van der Waals surface area contributed by atoms with Gasteiger partial charge in [-0.3, -0.25) is 14.9 Å². The number of fused-ring (bicyclic) bond motifs is 1. The van der Waals surface area contributed by atoms with E-state index in [1.807, 2.05) is 43.3 Å². The molecule has 0 saturated heterocycles. The Balaban J connectivity index is 1.77. The van der Waals surface area contributed by atoms with Crippen LogP contribution in [-0.2, 0) is 4.79 Å². The number of anilines is 1. The van der Waals surface area contributed by atoms with Crippen LogP contribution in [0.3, 0.4) is 0 Å². The molecule has 1 amide bonds. The molecule has 0 saturated carbocycles. The molecule has 3 rings (SSSR count). The molecule has 0 radical (unpaired) electrons. The fourth-order valence-electron chi connectivity index (χ4n) is 2.66. The molecule has 0 aliphatic rings. The van der Waals surface area contributed by atoms with Crippen LogP contribution in [0.2, 0.25) is 5.02 Å². The van der Waals surface area contributed by atoms with Crippen molar-refractivity contribution < 1.29 is 14.5 Å². The van der Waals surface area contributed by atoms with Crippen LogP contribution in [0.25, 0.3) is 10.8 Å². The van der Waals surface area contributed by atoms with Crippen LogP contribution in [0.5, 0.6) is 5.75 Å². The third-order valence-electron chi connectivity index (χ3n) is 4.08. The van der Waals surface area contributed by atoms with Crippen molar-refractivity contribution in [2.24, 2.45) is 0 Å². The van der Waals surface area contributed by atoms with Crippen molar-refractivity contribution in [1.29, 1.82) is 0 Å². The van der Waals surface area contributed by atoms with Crippen LogP contribution >= 0.6 is 11.6 Å².